The quantitative estimate of drug-likeness (QED) is 0.528. The molecule has 8 nitrogen and oxygen atoms in total. The molecule has 0 radical (unpaired) electrons. The van der Waals surface area contributed by atoms with E-state index in [1.165, 1.54) is 0 Å². The van der Waals surface area contributed by atoms with Crippen molar-refractivity contribution in [1.82, 2.24) is 19.4 Å². The van der Waals surface area contributed by atoms with Gasteiger partial charge in [0.05, 0.1) is 19.7 Å². The monoisotopic (exact) mass is 451 g/mol. The smallest absolute Gasteiger partial charge is 0.258 e. The number of aryl methyl sites for hydroxylation is 1. The average molecular weight is 452 g/mol. The predicted octanol–water partition coefficient (Wildman–Crippen LogP) is 2.67. The molecule has 0 saturated carbocycles. The number of fused-ring (bicyclic) bond motifs is 1. The maximum atomic E-state index is 13.2. The van der Waals surface area contributed by atoms with Crippen LogP contribution in [0.2, 0.25) is 0 Å². The van der Waals surface area contributed by atoms with Crippen molar-refractivity contribution < 1.29 is 9.47 Å². The van der Waals surface area contributed by atoms with E-state index < -0.39 is 0 Å². The Kier molecular flexibility index (Phi) is 7.15. The molecule has 3 aromatic rings. The summed E-state index contributed by atoms with van der Waals surface area (Å²) in [6, 6.07) is 9.31. The first-order chi connectivity index (χ1) is 16.0. The first-order valence-electron chi connectivity index (χ1n) is 11.4. The molecule has 3 heterocycles. The zero-order valence-corrected chi connectivity index (χ0v) is 19.9. The van der Waals surface area contributed by atoms with Crippen LogP contribution in [-0.2, 0) is 7.05 Å². The lowest BCUT2D eigenvalue weighted by molar-refractivity contribution is 0.154. The number of pyridine rings is 2. The van der Waals surface area contributed by atoms with E-state index in [0.29, 0.717) is 17.1 Å². The molecule has 0 unspecified atom stereocenters. The lowest BCUT2D eigenvalue weighted by Crippen LogP contribution is -2.44. The first kappa shape index (κ1) is 23.1. The van der Waals surface area contributed by atoms with Crippen LogP contribution in [-0.4, -0.2) is 79.9 Å². The molecule has 0 spiro atoms. The molecule has 0 bridgehead atoms. The summed E-state index contributed by atoms with van der Waals surface area (Å²) in [6.45, 7) is 6.47. The first-order valence-corrected chi connectivity index (χ1v) is 11.4. The molecule has 1 aliphatic rings. The van der Waals surface area contributed by atoms with Crippen LogP contribution in [0.3, 0.4) is 0 Å². The lowest BCUT2D eigenvalue weighted by atomic mass is 10.0. The number of hydrogen-bond donors (Lipinski definition) is 1. The Morgan fingerprint density at radius 3 is 2.33 bits per heavy atom. The molecule has 1 aromatic carbocycles. The number of anilines is 1. The van der Waals surface area contributed by atoms with Crippen LogP contribution < -0.4 is 20.3 Å². The number of rotatable bonds is 8. The van der Waals surface area contributed by atoms with Crippen LogP contribution in [0.25, 0.3) is 22.0 Å². The molecule has 0 amide bonds. The minimum atomic E-state index is -0.0787. The van der Waals surface area contributed by atoms with E-state index in [-0.39, 0.29) is 5.56 Å². The van der Waals surface area contributed by atoms with Gasteiger partial charge in [0.25, 0.3) is 5.56 Å². The summed E-state index contributed by atoms with van der Waals surface area (Å²) in [7, 11) is 7.16. The van der Waals surface area contributed by atoms with Gasteiger partial charge in [-0.2, -0.15) is 0 Å². The predicted molar refractivity (Wildman–Crippen MR) is 133 cm³/mol. The van der Waals surface area contributed by atoms with Crippen molar-refractivity contribution >= 4 is 16.7 Å². The van der Waals surface area contributed by atoms with Gasteiger partial charge >= 0.3 is 0 Å². The van der Waals surface area contributed by atoms with Crippen LogP contribution in [0, 0.1) is 0 Å². The molecule has 2 aromatic heterocycles. The second kappa shape index (κ2) is 10.2. The molecular formula is C25H33N5O3. The minimum absolute atomic E-state index is 0.0787. The summed E-state index contributed by atoms with van der Waals surface area (Å²) in [5, 5.41) is 4.31. The van der Waals surface area contributed by atoms with Gasteiger partial charge in [0.1, 0.15) is 17.3 Å². The van der Waals surface area contributed by atoms with E-state index in [4.69, 9.17) is 9.47 Å². The van der Waals surface area contributed by atoms with E-state index >= 15 is 0 Å². The fraction of sp³-hybridized carbons (Fsp3) is 0.440. The van der Waals surface area contributed by atoms with Gasteiger partial charge in [-0.3, -0.25) is 4.79 Å². The molecule has 176 valence electrons. The molecule has 1 aliphatic heterocycles. The highest BCUT2D eigenvalue weighted by Gasteiger charge is 2.14. The number of benzene rings is 1. The van der Waals surface area contributed by atoms with Gasteiger partial charge in [-0.25, -0.2) is 4.98 Å². The number of ether oxygens (including phenoxy) is 2. The number of piperazine rings is 1. The van der Waals surface area contributed by atoms with E-state index in [9.17, 15) is 4.79 Å². The zero-order valence-electron chi connectivity index (χ0n) is 19.9. The number of nitrogens with zero attached hydrogens (tertiary/aromatic N) is 4. The Labute approximate surface area is 194 Å². The van der Waals surface area contributed by atoms with Crippen molar-refractivity contribution in [3.63, 3.8) is 0 Å². The number of nitrogens with one attached hydrogen (secondary N) is 1. The number of likely N-dealkylation sites (N-methyl/N-ethyl adjacent to an activating group) is 1. The molecule has 8 heteroatoms. The minimum Gasteiger partial charge on any atom is -0.497 e. The zero-order chi connectivity index (χ0) is 23.4. The second-order valence-electron chi connectivity index (χ2n) is 8.58. The van der Waals surface area contributed by atoms with Gasteiger partial charge in [-0.05, 0) is 43.8 Å². The fourth-order valence-electron chi connectivity index (χ4n) is 4.22. The van der Waals surface area contributed by atoms with Crippen LogP contribution in [0.1, 0.15) is 6.42 Å². The van der Waals surface area contributed by atoms with Crippen LogP contribution in [0.5, 0.6) is 11.5 Å². The molecule has 4 rings (SSSR count). The van der Waals surface area contributed by atoms with Crippen LogP contribution in [0.4, 0.5) is 5.82 Å². The van der Waals surface area contributed by atoms with Crippen molar-refractivity contribution in [2.75, 3.05) is 65.9 Å². The highest BCUT2D eigenvalue weighted by Crippen LogP contribution is 2.29. The van der Waals surface area contributed by atoms with Gasteiger partial charge < -0.3 is 29.2 Å². The summed E-state index contributed by atoms with van der Waals surface area (Å²) >= 11 is 0. The Morgan fingerprint density at radius 2 is 1.67 bits per heavy atom. The summed E-state index contributed by atoms with van der Waals surface area (Å²) in [5.41, 5.74) is 2.09. The summed E-state index contributed by atoms with van der Waals surface area (Å²) in [5.74, 6) is 2.06. The highest BCUT2D eigenvalue weighted by molar-refractivity contribution is 5.85. The average Bonchev–Trinajstić information content (AvgIpc) is 2.84. The Morgan fingerprint density at radius 1 is 0.970 bits per heavy atom. The van der Waals surface area contributed by atoms with E-state index in [1.807, 2.05) is 30.5 Å². The standard InChI is InChI=1S/C25H33N5O3/c1-28-8-10-30(11-9-28)7-5-6-26-24-16-23-19(17-27-24)14-22(25(31)29(23)2)18-12-20(32-3)15-21(13-18)33-4/h12-17H,5-11H2,1-4H3,(H,26,27). The van der Waals surface area contributed by atoms with Crippen molar-refractivity contribution in [3.8, 4) is 22.6 Å². The molecule has 1 fully saturated rings. The summed E-state index contributed by atoms with van der Waals surface area (Å²) < 4.78 is 12.4. The Bertz CT molecular complexity index is 1150. The van der Waals surface area contributed by atoms with E-state index in [2.05, 4.69) is 27.1 Å². The molecule has 1 N–H and O–H groups in total. The van der Waals surface area contributed by atoms with E-state index in [1.54, 1.807) is 31.9 Å². The summed E-state index contributed by atoms with van der Waals surface area (Å²) in [4.78, 5) is 22.6. The third-order valence-electron chi connectivity index (χ3n) is 6.32. The van der Waals surface area contributed by atoms with Gasteiger partial charge in [0.15, 0.2) is 0 Å². The topological polar surface area (TPSA) is 71.9 Å². The largest absolute Gasteiger partial charge is 0.497 e. The van der Waals surface area contributed by atoms with Crippen molar-refractivity contribution in [1.29, 1.82) is 0 Å². The molecular weight excluding hydrogens is 418 g/mol. The second-order valence-corrected chi connectivity index (χ2v) is 8.58. The van der Waals surface area contributed by atoms with Gasteiger partial charge in [0.2, 0.25) is 0 Å². The summed E-state index contributed by atoms with van der Waals surface area (Å²) in [6.07, 6.45) is 2.87. The van der Waals surface area contributed by atoms with Crippen LogP contribution in [0.15, 0.2) is 41.3 Å². The van der Waals surface area contributed by atoms with Gasteiger partial charge in [-0.15, -0.1) is 0 Å². The third-order valence-corrected chi connectivity index (χ3v) is 6.32. The number of aromatic nitrogens is 2. The Balaban J connectivity index is 1.50. The van der Waals surface area contributed by atoms with Crippen molar-refractivity contribution in [3.05, 3.63) is 46.9 Å². The maximum Gasteiger partial charge on any atom is 0.258 e. The third kappa shape index (κ3) is 5.29. The molecule has 0 aliphatic carbocycles. The van der Waals surface area contributed by atoms with Crippen LogP contribution >= 0.6 is 0 Å². The lowest BCUT2D eigenvalue weighted by Gasteiger charge is -2.32. The highest BCUT2D eigenvalue weighted by atomic mass is 16.5. The fourth-order valence-corrected chi connectivity index (χ4v) is 4.22. The number of methoxy groups -OCH3 is 2. The normalized spacial score (nSPS) is 15.0. The molecule has 0 atom stereocenters. The maximum absolute atomic E-state index is 13.2. The van der Waals surface area contributed by atoms with Crippen molar-refractivity contribution in [2.45, 2.75) is 6.42 Å². The van der Waals surface area contributed by atoms with E-state index in [0.717, 1.165) is 68.0 Å². The van der Waals surface area contributed by atoms with Gasteiger partial charge in [0, 0.05) is 69.1 Å². The SMILES string of the molecule is COc1cc(OC)cc(-c2cc3cnc(NCCCN4CCN(C)CC4)cc3n(C)c2=O)c1. The Hall–Kier alpha value is -3.10. The van der Waals surface area contributed by atoms with Gasteiger partial charge in [-0.1, -0.05) is 0 Å². The molecule has 1 saturated heterocycles. The van der Waals surface area contributed by atoms with Crippen molar-refractivity contribution in [2.24, 2.45) is 7.05 Å². The number of hydrogen-bond acceptors (Lipinski definition) is 7. The molecule has 33 heavy (non-hydrogen) atoms.